The van der Waals surface area contributed by atoms with Crippen LogP contribution in [0.25, 0.3) is 0 Å². The van der Waals surface area contributed by atoms with Crippen LogP contribution in [0.15, 0.2) is 30.3 Å². The van der Waals surface area contributed by atoms with Gasteiger partial charge in [-0.05, 0) is 5.56 Å². The Hall–Kier alpha value is -0.850. The lowest BCUT2D eigenvalue weighted by Crippen LogP contribution is -2.14. The molecule has 0 unspecified atom stereocenters. The zero-order chi connectivity index (χ0) is 8.32. The summed E-state index contributed by atoms with van der Waals surface area (Å²) in [6.45, 7) is 4.42. The Morgan fingerprint density at radius 3 is 2.18 bits per heavy atom. The summed E-state index contributed by atoms with van der Waals surface area (Å²) in [7, 11) is 0. The van der Waals surface area contributed by atoms with Gasteiger partial charge >= 0.3 is 0 Å². The van der Waals surface area contributed by atoms with Crippen molar-refractivity contribution in [2.45, 2.75) is 19.3 Å². The molecule has 0 aliphatic carbocycles. The SMILES string of the molecule is CC(C)([CH]F)c1ccccc1. The molecule has 0 aliphatic rings. The first-order valence-corrected chi connectivity index (χ1v) is 3.67. The molecule has 0 nitrogen and oxygen atoms in total. The van der Waals surface area contributed by atoms with Gasteiger partial charge in [-0.1, -0.05) is 44.2 Å². The molecule has 59 valence electrons. The van der Waals surface area contributed by atoms with Gasteiger partial charge in [0.1, 0.15) is 6.67 Å². The molecule has 0 spiro atoms. The third-order valence-electron chi connectivity index (χ3n) is 1.79. The van der Waals surface area contributed by atoms with Crippen LogP contribution in [0.1, 0.15) is 19.4 Å². The van der Waals surface area contributed by atoms with Crippen LogP contribution in [0.4, 0.5) is 4.39 Å². The van der Waals surface area contributed by atoms with Gasteiger partial charge in [-0.2, -0.15) is 0 Å². The van der Waals surface area contributed by atoms with E-state index in [9.17, 15) is 4.39 Å². The fourth-order valence-electron chi connectivity index (χ4n) is 0.931. The smallest absolute Gasteiger partial charge is 0.141 e. The number of halogens is 1. The van der Waals surface area contributed by atoms with Gasteiger partial charge in [0.15, 0.2) is 0 Å². The number of hydrogen-bond acceptors (Lipinski definition) is 0. The standard InChI is InChI=1S/C10H12F/c1-10(2,8-11)9-6-4-3-5-7-9/h3-8H,1-2H3. The first kappa shape index (κ1) is 8.25. The average Bonchev–Trinajstić information content (AvgIpc) is 2.06. The molecule has 1 aromatic carbocycles. The van der Waals surface area contributed by atoms with Crippen LogP contribution in [0.2, 0.25) is 0 Å². The molecular formula is C10H12F. The summed E-state index contributed by atoms with van der Waals surface area (Å²) in [6.07, 6.45) is 0. The fourth-order valence-corrected chi connectivity index (χ4v) is 0.931. The monoisotopic (exact) mass is 151 g/mol. The topological polar surface area (TPSA) is 0 Å². The van der Waals surface area contributed by atoms with E-state index in [-0.39, 0.29) is 0 Å². The van der Waals surface area contributed by atoms with Crippen molar-refractivity contribution in [1.82, 2.24) is 0 Å². The molecule has 0 saturated heterocycles. The lowest BCUT2D eigenvalue weighted by molar-refractivity contribution is 0.444. The van der Waals surface area contributed by atoms with E-state index >= 15 is 0 Å². The van der Waals surface area contributed by atoms with E-state index in [1.807, 2.05) is 44.2 Å². The van der Waals surface area contributed by atoms with Gasteiger partial charge in [-0.3, -0.25) is 0 Å². The maximum absolute atomic E-state index is 12.3. The van der Waals surface area contributed by atoms with Crippen LogP contribution in [-0.4, -0.2) is 0 Å². The van der Waals surface area contributed by atoms with Gasteiger partial charge in [0.05, 0.1) is 0 Å². The minimum atomic E-state index is -0.457. The molecule has 0 aliphatic heterocycles. The first-order valence-electron chi connectivity index (χ1n) is 3.67. The van der Waals surface area contributed by atoms with E-state index in [1.54, 1.807) is 0 Å². The van der Waals surface area contributed by atoms with Crippen molar-refractivity contribution < 1.29 is 4.39 Å². The highest BCUT2D eigenvalue weighted by molar-refractivity contribution is 5.25. The summed E-state index contributed by atoms with van der Waals surface area (Å²) in [4.78, 5) is 0. The highest BCUT2D eigenvalue weighted by Gasteiger charge is 2.19. The minimum absolute atomic E-state index is 0.457. The lowest BCUT2D eigenvalue weighted by atomic mass is 9.86. The third kappa shape index (κ3) is 1.79. The molecule has 1 radical (unpaired) electrons. The Morgan fingerprint density at radius 1 is 1.18 bits per heavy atom. The maximum atomic E-state index is 12.3. The molecule has 0 bridgehead atoms. The Bertz CT molecular complexity index is 214. The number of hydrogen-bond donors (Lipinski definition) is 0. The Balaban J connectivity index is 2.93. The molecule has 1 heteroatoms. The number of benzene rings is 1. The highest BCUT2D eigenvalue weighted by atomic mass is 19.1. The maximum Gasteiger partial charge on any atom is 0.141 e. The van der Waals surface area contributed by atoms with Gasteiger partial charge in [0.2, 0.25) is 0 Å². The molecular weight excluding hydrogens is 139 g/mol. The van der Waals surface area contributed by atoms with Crippen LogP contribution in [0.3, 0.4) is 0 Å². The summed E-state index contributed by atoms with van der Waals surface area (Å²) in [5.41, 5.74) is 0.545. The Labute approximate surface area is 67.1 Å². The molecule has 1 rings (SSSR count). The quantitative estimate of drug-likeness (QED) is 0.609. The molecule has 11 heavy (non-hydrogen) atoms. The van der Waals surface area contributed by atoms with Gasteiger partial charge < -0.3 is 0 Å². The largest absolute Gasteiger partial charge is 0.243 e. The molecule has 0 heterocycles. The molecule has 0 saturated carbocycles. The van der Waals surface area contributed by atoms with Crippen molar-refractivity contribution in [3.05, 3.63) is 42.6 Å². The van der Waals surface area contributed by atoms with Crippen LogP contribution in [0.5, 0.6) is 0 Å². The Kier molecular flexibility index (Phi) is 2.28. The van der Waals surface area contributed by atoms with Crippen LogP contribution < -0.4 is 0 Å². The number of rotatable bonds is 2. The van der Waals surface area contributed by atoms with E-state index < -0.39 is 5.41 Å². The van der Waals surface area contributed by atoms with Crippen molar-refractivity contribution in [2.24, 2.45) is 0 Å². The predicted molar refractivity (Wildman–Crippen MR) is 44.9 cm³/mol. The van der Waals surface area contributed by atoms with Crippen LogP contribution in [0, 0.1) is 6.67 Å². The summed E-state index contributed by atoms with van der Waals surface area (Å²) < 4.78 is 12.3. The van der Waals surface area contributed by atoms with Crippen LogP contribution >= 0.6 is 0 Å². The van der Waals surface area contributed by atoms with Crippen molar-refractivity contribution in [2.75, 3.05) is 0 Å². The normalized spacial score (nSPS) is 11.5. The predicted octanol–water partition coefficient (Wildman–Crippen LogP) is 3.10. The summed E-state index contributed by atoms with van der Waals surface area (Å²) in [6, 6.07) is 9.62. The second-order valence-electron chi connectivity index (χ2n) is 3.20. The van der Waals surface area contributed by atoms with Crippen molar-refractivity contribution in [1.29, 1.82) is 0 Å². The van der Waals surface area contributed by atoms with E-state index in [1.165, 1.54) is 0 Å². The average molecular weight is 151 g/mol. The third-order valence-corrected chi connectivity index (χ3v) is 1.79. The van der Waals surface area contributed by atoms with Crippen molar-refractivity contribution >= 4 is 0 Å². The van der Waals surface area contributed by atoms with Crippen LogP contribution in [-0.2, 0) is 5.41 Å². The van der Waals surface area contributed by atoms with Crippen molar-refractivity contribution in [3.8, 4) is 0 Å². The first-order chi connectivity index (χ1) is 5.17. The molecule has 0 N–H and O–H groups in total. The second kappa shape index (κ2) is 3.04. The van der Waals surface area contributed by atoms with Gasteiger partial charge in [-0.15, -0.1) is 0 Å². The van der Waals surface area contributed by atoms with E-state index in [0.717, 1.165) is 12.2 Å². The molecule has 0 atom stereocenters. The second-order valence-corrected chi connectivity index (χ2v) is 3.20. The van der Waals surface area contributed by atoms with E-state index in [4.69, 9.17) is 0 Å². The van der Waals surface area contributed by atoms with E-state index in [2.05, 4.69) is 0 Å². The summed E-state index contributed by atoms with van der Waals surface area (Å²) >= 11 is 0. The van der Waals surface area contributed by atoms with E-state index in [0.29, 0.717) is 0 Å². The molecule has 1 aromatic rings. The Morgan fingerprint density at radius 2 is 1.73 bits per heavy atom. The zero-order valence-corrected chi connectivity index (χ0v) is 6.84. The van der Waals surface area contributed by atoms with Gasteiger partial charge in [0.25, 0.3) is 0 Å². The lowest BCUT2D eigenvalue weighted by Gasteiger charge is -2.19. The molecule has 0 aromatic heterocycles. The van der Waals surface area contributed by atoms with Gasteiger partial charge in [-0.25, -0.2) is 4.39 Å². The minimum Gasteiger partial charge on any atom is -0.243 e. The summed E-state index contributed by atoms with van der Waals surface area (Å²) in [5.74, 6) is 0. The highest BCUT2D eigenvalue weighted by Crippen LogP contribution is 2.25. The molecule has 0 fully saturated rings. The fraction of sp³-hybridized carbons (Fsp3) is 0.300. The summed E-state index contributed by atoms with van der Waals surface area (Å²) in [5, 5.41) is 0. The van der Waals surface area contributed by atoms with Gasteiger partial charge in [0, 0.05) is 5.41 Å². The molecule has 0 amide bonds. The zero-order valence-electron chi connectivity index (χ0n) is 6.84. The van der Waals surface area contributed by atoms with Crippen molar-refractivity contribution in [3.63, 3.8) is 0 Å².